The molecule has 1 aromatic rings. The predicted molar refractivity (Wildman–Crippen MR) is 85.3 cm³/mol. The molecule has 126 valence electrons. The van der Waals surface area contributed by atoms with Crippen LogP contribution in [0.25, 0.3) is 0 Å². The minimum Gasteiger partial charge on any atom is -0.447 e. The third-order valence-electron chi connectivity index (χ3n) is 4.02. The van der Waals surface area contributed by atoms with Gasteiger partial charge in [-0.2, -0.15) is 0 Å². The Balaban J connectivity index is 1.48. The number of nitrogens with one attached hydrogen (secondary N) is 1. The summed E-state index contributed by atoms with van der Waals surface area (Å²) in [6.45, 7) is 5.17. The summed E-state index contributed by atoms with van der Waals surface area (Å²) in [7, 11) is 0. The molecule has 2 saturated heterocycles. The van der Waals surface area contributed by atoms with Gasteiger partial charge in [-0.05, 0) is 11.4 Å². The molecule has 0 aromatic carbocycles. The topological polar surface area (TPSA) is 71.1 Å². The quantitative estimate of drug-likeness (QED) is 0.818. The van der Waals surface area contributed by atoms with Crippen molar-refractivity contribution >= 4 is 23.3 Å². The maximum absolute atomic E-state index is 12.3. The molecule has 8 heteroatoms. The molecular weight excluding hydrogens is 318 g/mol. The van der Waals surface area contributed by atoms with Gasteiger partial charge in [0.05, 0.1) is 19.8 Å². The van der Waals surface area contributed by atoms with Crippen LogP contribution >= 0.6 is 11.3 Å². The number of thiophene rings is 1. The van der Waals surface area contributed by atoms with Gasteiger partial charge in [-0.15, -0.1) is 11.3 Å². The van der Waals surface area contributed by atoms with Crippen LogP contribution in [0.2, 0.25) is 0 Å². The lowest BCUT2D eigenvalue weighted by Crippen LogP contribution is -2.48. The Kier molecular flexibility index (Phi) is 5.47. The number of amides is 2. The van der Waals surface area contributed by atoms with E-state index in [1.165, 1.54) is 4.90 Å². The van der Waals surface area contributed by atoms with E-state index >= 15 is 0 Å². The number of carbonyl (C=O) groups is 2. The Morgan fingerprint density at radius 2 is 2.22 bits per heavy atom. The lowest BCUT2D eigenvalue weighted by atomic mass is 10.2. The van der Waals surface area contributed by atoms with E-state index in [1.54, 1.807) is 11.3 Å². The molecule has 2 fully saturated rings. The van der Waals surface area contributed by atoms with E-state index in [-0.39, 0.29) is 12.5 Å². The summed E-state index contributed by atoms with van der Waals surface area (Å²) in [6.07, 6.45) is -0.424. The van der Waals surface area contributed by atoms with Crippen molar-refractivity contribution in [3.8, 4) is 0 Å². The van der Waals surface area contributed by atoms with Crippen molar-refractivity contribution in [2.45, 2.75) is 12.6 Å². The van der Waals surface area contributed by atoms with Crippen molar-refractivity contribution in [1.29, 1.82) is 0 Å². The number of morpholine rings is 1. The van der Waals surface area contributed by atoms with Gasteiger partial charge in [-0.1, -0.05) is 6.07 Å². The first-order chi connectivity index (χ1) is 11.2. The molecule has 1 N–H and O–H groups in total. The molecule has 2 amide bonds. The number of cyclic esters (lactones) is 1. The third-order valence-corrected chi connectivity index (χ3v) is 4.88. The largest absolute Gasteiger partial charge is 0.447 e. The van der Waals surface area contributed by atoms with Crippen LogP contribution in [0.5, 0.6) is 0 Å². The first kappa shape index (κ1) is 16.2. The highest BCUT2D eigenvalue weighted by Crippen LogP contribution is 2.19. The Morgan fingerprint density at radius 1 is 1.39 bits per heavy atom. The first-order valence-corrected chi connectivity index (χ1v) is 8.65. The first-order valence-electron chi connectivity index (χ1n) is 7.77. The fourth-order valence-electron chi connectivity index (χ4n) is 2.69. The second kappa shape index (κ2) is 7.76. The molecule has 0 saturated carbocycles. The molecule has 0 spiro atoms. The molecule has 2 aliphatic heterocycles. The summed E-state index contributed by atoms with van der Waals surface area (Å²) in [5, 5.41) is 4.86. The summed E-state index contributed by atoms with van der Waals surface area (Å²) >= 11 is 1.56. The molecule has 3 rings (SSSR count). The van der Waals surface area contributed by atoms with E-state index in [2.05, 4.69) is 10.2 Å². The zero-order valence-electron chi connectivity index (χ0n) is 12.9. The second-order valence-corrected chi connectivity index (χ2v) is 6.58. The molecule has 7 nitrogen and oxygen atoms in total. The van der Waals surface area contributed by atoms with Crippen LogP contribution in [-0.2, 0) is 20.8 Å². The Morgan fingerprint density at radius 3 is 2.96 bits per heavy atom. The maximum atomic E-state index is 12.3. The molecule has 2 aliphatic rings. The van der Waals surface area contributed by atoms with Crippen molar-refractivity contribution < 1.29 is 19.1 Å². The van der Waals surface area contributed by atoms with Crippen LogP contribution in [0.15, 0.2) is 17.5 Å². The van der Waals surface area contributed by atoms with Crippen LogP contribution in [0.3, 0.4) is 0 Å². The lowest BCUT2D eigenvalue weighted by Gasteiger charge is -2.27. The number of hydrogen-bond acceptors (Lipinski definition) is 6. The van der Waals surface area contributed by atoms with Crippen molar-refractivity contribution in [2.24, 2.45) is 0 Å². The van der Waals surface area contributed by atoms with Gasteiger partial charge in [0.15, 0.2) is 0 Å². The van der Waals surface area contributed by atoms with Gasteiger partial charge in [0.2, 0.25) is 5.91 Å². The van der Waals surface area contributed by atoms with Crippen molar-refractivity contribution in [3.05, 3.63) is 22.4 Å². The molecule has 0 bridgehead atoms. The number of rotatable bonds is 6. The molecule has 0 unspecified atom stereocenters. The molecule has 3 heterocycles. The van der Waals surface area contributed by atoms with E-state index in [0.717, 1.165) is 37.7 Å². The fraction of sp³-hybridized carbons (Fsp3) is 0.600. The monoisotopic (exact) mass is 339 g/mol. The summed E-state index contributed by atoms with van der Waals surface area (Å²) in [5.41, 5.74) is 0. The maximum Gasteiger partial charge on any atom is 0.410 e. The predicted octanol–water partition coefficient (Wildman–Crippen LogP) is 0.517. The number of hydrogen-bond donors (Lipinski definition) is 1. The average molecular weight is 339 g/mol. The zero-order chi connectivity index (χ0) is 16.1. The van der Waals surface area contributed by atoms with Crippen LogP contribution in [0.1, 0.15) is 4.88 Å². The lowest BCUT2D eigenvalue weighted by molar-refractivity contribution is -0.125. The van der Waals surface area contributed by atoms with Crippen LogP contribution < -0.4 is 5.32 Å². The minimum absolute atomic E-state index is 0.119. The minimum atomic E-state index is -0.547. The summed E-state index contributed by atoms with van der Waals surface area (Å²) in [6, 6.07) is 3.33. The van der Waals surface area contributed by atoms with Crippen LogP contribution in [0.4, 0.5) is 4.79 Å². The van der Waals surface area contributed by atoms with Crippen LogP contribution in [-0.4, -0.2) is 73.8 Å². The zero-order valence-corrected chi connectivity index (χ0v) is 13.7. The Bertz CT molecular complexity index is 531. The van der Waals surface area contributed by atoms with Crippen molar-refractivity contribution in [1.82, 2.24) is 15.1 Å². The molecule has 1 aromatic heterocycles. The van der Waals surface area contributed by atoms with Gasteiger partial charge in [-0.25, -0.2) is 4.79 Å². The number of carbonyl (C=O) groups excluding carboxylic acids is 2. The molecular formula is C15H21N3O4S. The highest BCUT2D eigenvalue weighted by molar-refractivity contribution is 7.09. The average Bonchev–Trinajstić information content (AvgIpc) is 3.20. The molecule has 23 heavy (non-hydrogen) atoms. The second-order valence-electron chi connectivity index (χ2n) is 5.55. The molecule has 0 aliphatic carbocycles. The standard InChI is InChI=1S/C15H21N3O4S/c19-14(16-3-4-17-5-7-21-8-6-17)13-11-22-15(20)18(13)10-12-2-1-9-23-12/h1-2,9,13H,3-8,10-11H2,(H,16,19)/t13-/m0/s1. The SMILES string of the molecule is O=C(NCCN1CCOCC1)[C@@H]1COC(=O)N1Cc1cccs1. The summed E-state index contributed by atoms with van der Waals surface area (Å²) in [4.78, 5) is 29.0. The van der Waals surface area contributed by atoms with Gasteiger partial charge in [0.1, 0.15) is 12.6 Å². The van der Waals surface area contributed by atoms with E-state index in [1.807, 2.05) is 17.5 Å². The third kappa shape index (κ3) is 4.21. The van der Waals surface area contributed by atoms with Gasteiger partial charge in [0.25, 0.3) is 0 Å². The smallest absolute Gasteiger partial charge is 0.410 e. The molecule has 0 radical (unpaired) electrons. The highest BCUT2D eigenvalue weighted by atomic mass is 32.1. The van der Waals surface area contributed by atoms with E-state index in [4.69, 9.17) is 9.47 Å². The Hall–Kier alpha value is -1.64. The van der Waals surface area contributed by atoms with E-state index in [0.29, 0.717) is 13.1 Å². The van der Waals surface area contributed by atoms with Gasteiger partial charge >= 0.3 is 6.09 Å². The van der Waals surface area contributed by atoms with Gasteiger partial charge < -0.3 is 14.8 Å². The van der Waals surface area contributed by atoms with Gasteiger partial charge in [0, 0.05) is 31.1 Å². The van der Waals surface area contributed by atoms with Crippen molar-refractivity contribution in [2.75, 3.05) is 46.0 Å². The summed E-state index contributed by atoms with van der Waals surface area (Å²) < 4.78 is 10.3. The van der Waals surface area contributed by atoms with Gasteiger partial charge in [-0.3, -0.25) is 14.6 Å². The van der Waals surface area contributed by atoms with E-state index in [9.17, 15) is 9.59 Å². The van der Waals surface area contributed by atoms with Crippen molar-refractivity contribution in [3.63, 3.8) is 0 Å². The number of nitrogens with zero attached hydrogens (tertiary/aromatic N) is 2. The molecule has 1 atom stereocenters. The van der Waals surface area contributed by atoms with Crippen LogP contribution in [0, 0.1) is 0 Å². The summed E-state index contributed by atoms with van der Waals surface area (Å²) in [5.74, 6) is -0.152. The van der Waals surface area contributed by atoms with E-state index < -0.39 is 12.1 Å². The number of ether oxygens (including phenoxy) is 2. The highest BCUT2D eigenvalue weighted by Gasteiger charge is 2.38. The fourth-order valence-corrected chi connectivity index (χ4v) is 3.40. The Labute approximate surface area is 139 Å². The normalized spacial score (nSPS) is 22.2.